The molecule has 1 nitrogen and oxygen atoms in total. The molecule has 0 atom stereocenters. The summed E-state index contributed by atoms with van der Waals surface area (Å²) in [6.07, 6.45) is 0. The van der Waals surface area contributed by atoms with Gasteiger partial charge in [0.15, 0.2) is 0 Å². The lowest BCUT2D eigenvalue weighted by Crippen LogP contribution is -1.93. The summed E-state index contributed by atoms with van der Waals surface area (Å²) in [5, 5.41) is 1.23. The van der Waals surface area contributed by atoms with Gasteiger partial charge in [0.25, 0.3) is 0 Å². The maximum absolute atomic E-state index is 5.89. The van der Waals surface area contributed by atoms with Crippen molar-refractivity contribution in [3.8, 4) is 11.8 Å². The maximum Gasteiger partial charge on any atom is 0.0764 e. The fourth-order valence-corrected chi connectivity index (χ4v) is 1.73. The number of hydrogen-bond donors (Lipinski definition) is 1. The summed E-state index contributed by atoms with van der Waals surface area (Å²) in [6, 6.07) is 1.47. The van der Waals surface area contributed by atoms with Crippen LogP contribution < -0.4 is 5.73 Å². The molecular formula is C9H5Cl4N. The quantitative estimate of drug-likeness (QED) is 0.565. The second-order valence-electron chi connectivity index (χ2n) is 2.35. The molecule has 0 aliphatic rings. The molecule has 1 aromatic carbocycles. The van der Waals surface area contributed by atoms with Crippen molar-refractivity contribution in [3.63, 3.8) is 0 Å². The van der Waals surface area contributed by atoms with Crippen molar-refractivity contribution in [3.05, 3.63) is 31.7 Å². The lowest BCUT2D eigenvalue weighted by molar-refractivity contribution is 1.30. The second-order valence-corrected chi connectivity index (χ2v) is 3.92. The predicted molar refractivity (Wildman–Crippen MR) is 62.4 cm³/mol. The Balaban J connectivity index is 3.39. The zero-order valence-corrected chi connectivity index (χ0v) is 9.90. The van der Waals surface area contributed by atoms with Gasteiger partial charge in [-0.05, 0) is 6.07 Å². The Morgan fingerprint density at radius 2 is 1.57 bits per heavy atom. The van der Waals surface area contributed by atoms with E-state index in [4.69, 9.17) is 52.1 Å². The average Bonchev–Trinajstić information content (AvgIpc) is 2.15. The molecule has 1 rings (SSSR count). The first-order chi connectivity index (χ1) is 6.57. The van der Waals surface area contributed by atoms with Crippen LogP contribution in [0.25, 0.3) is 0 Å². The molecule has 5 heteroatoms. The molecule has 0 unspecified atom stereocenters. The fraction of sp³-hybridized carbons (Fsp3) is 0.111. The number of rotatable bonds is 0. The topological polar surface area (TPSA) is 26.0 Å². The Morgan fingerprint density at radius 3 is 2.00 bits per heavy atom. The SMILES string of the molecule is NCC#Cc1c(Cl)c(Cl)cc(Cl)c1Cl. The predicted octanol–water partition coefficient (Wildman–Crippen LogP) is 3.61. The molecule has 0 spiro atoms. The van der Waals surface area contributed by atoms with Gasteiger partial charge in [-0.3, -0.25) is 0 Å². The van der Waals surface area contributed by atoms with Gasteiger partial charge in [-0.25, -0.2) is 0 Å². The first-order valence-electron chi connectivity index (χ1n) is 3.60. The molecule has 74 valence electrons. The highest BCUT2D eigenvalue weighted by Crippen LogP contribution is 2.36. The van der Waals surface area contributed by atoms with E-state index in [0.717, 1.165) is 0 Å². The molecule has 0 aliphatic carbocycles. The van der Waals surface area contributed by atoms with Crippen molar-refractivity contribution in [2.75, 3.05) is 6.54 Å². The van der Waals surface area contributed by atoms with Crippen LogP contribution in [0.15, 0.2) is 6.07 Å². The van der Waals surface area contributed by atoms with Crippen LogP contribution in [0, 0.1) is 11.8 Å². The third kappa shape index (κ3) is 2.48. The van der Waals surface area contributed by atoms with Crippen LogP contribution in [0.3, 0.4) is 0 Å². The zero-order valence-electron chi connectivity index (χ0n) is 6.87. The van der Waals surface area contributed by atoms with Crippen LogP contribution in [0.4, 0.5) is 0 Å². The van der Waals surface area contributed by atoms with Crippen LogP contribution in [-0.4, -0.2) is 6.54 Å². The second kappa shape index (κ2) is 5.11. The third-order valence-corrected chi connectivity index (χ3v) is 3.00. The minimum atomic E-state index is 0.219. The molecule has 0 radical (unpaired) electrons. The highest BCUT2D eigenvalue weighted by Gasteiger charge is 2.11. The normalized spacial score (nSPS) is 9.50. The first kappa shape index (κ1) is 12.0. The van der Waals surface area contributed by atoms with Crippen LogP contribution in [0.5, 0.6) is 0 Å². The molecule has 0 aromatic heterocycles. The van der Waals surface area contributed by atoms with Gasteiger partial charge < -0.3 is 5.73 Å². The highest BCUT2D eigenvalue weighted by molar-refractivity contribution is 6.48. The monoisotopic (exact) mass is 267 g/mol. The van der Waals surface area contributed by atoms with Crippen molar-refractivity contribution >= 4 is 46.4 Å². The molecule has 0 saturated heterocycles. The molecule has 0 amide bonds. The molecule has 2 N–H and O–H groups in total. The average molecular weight is 269 g/mol. The van der Waals surface area contributed by atoms with E-state index in [-0.39, 0.29) is 6.54 Å². The van der Waals surface area contributed by atoms with Crippen molar-refractivity contribution in [2.24, 2.45) is 5.73 Å². The van der Waals surface area contributed by atoms with E-state index in [1.165, 1.54) is 6.07 Å². The Bertz CT molecular complexity index is 391. The van der Waals surface area contributed by atoms with Crippen LogP contribution in [0.1, 0.15) is 5.56 Å². The minimum Gasteiger partial charge on any atom is -0.320 e. The number of hydrogen-bond acceptors (Lipinski definition) is 1. The molecule has 0 bridgehead atoms. The lowest BCUT2D eigenvalue weighted by atomic mass is 10.2. The molecule has 0 fully saturated rings. The van der Waals surface area contributed by atoms with Crippen LogP contribution >= 0.6 is 46.4 Å². The maximum atomic E-state index is 5.89. The first-order valence-corrected chi connectivity index (χ1v) is 5.11. The van der Waals surface area contributed by atoms with Gasteiger partial charge in [0, 0.05) is 0 Å². The van der Waals surface area contributed by atoms with Crippen LogP contribution in [-0.2, 0) is 0 Å². The Labute approximate surface area is 102 Å². The van der Waals surface area contributed by atoms with Gasteiger partial charge in [-0.1, -0.05) is 58.2 Å². The summed E-state index contributed by atoms with van der Waals surface area (Å²) in [5.41, 5.74) is 5.64. The van der Waals surface area contributed by atoms with Gasteiger partial charge in [-0.15, -0.1) is 0 Å². The molecule has 0 saturated carbocycles. The molecule has 14 heavy (non-hydrogen) atoms. The summed E-state index contributed by atoms with van der Waals surface area (Å²) in [6.45, 7) is 0.219. The van der Waals surface area contributed by atoms with Crippen LogP contribution in [0.2, 0.25) is 20.1 Å². The zero-order chi connectivity index (χ0) is 10.7. The Kier molecular flexibility index (Phi) is 4.37. The lowest BCUT2D eigenvalue weighted by Gasteiger charge is -2.03. The van der Waals surface area contributed by atoms with Gasteiger partial charge in [0.05, 0.1) is 32.2 Å². The third-order valence-electron chi connectivity index (χ3n) is 1.43. The largest absolute Gasteiger partial charge is 0.320 e. The van der Waals surface area contributed by atoms with Gasteiger partial charge in [-0.2, -0.15) is 0 Å². The number of benzene rings is 1. The number of nitrogens with two attached hydrogens (primary N) is 1. The minimum absolute atomic E-state index is 0.219. The van der Waals surface area contributed by atoms with E-state index in [1.54, 1.807) is 0 Å². The van der Waals surface area contributed by atoms with E-state index < -0.39 is 0 Å². The van der Waals surface area contributed by atoms with E-state index in [9.17, 15) is 0 Å². The van der Waals surface area contributed by atoms with Crippen molar-refractivity contribution in [1.29, 1.82) is 0 Å². The van der Waals surface area contributed by atoms with E-state index in [0.29, 0.717) is 25.7 Å². The Morgan fingerprint density at radius 1 is 1.07 bits per heavy atom. The summed E-state index contributed by atoms with van der Waals surface area (Å²) >= 11 is 23.4. The van der Waals surface area contributed by atoms with Gasteiger partial charge in [0.2, 0.25) is 0 Å². The molecule has 0 aliphatic heterocycles. The summed E-state index contributed by atoms with van der Waals surface area (Å²) in [5.74, 6) is 5.35. The van der Waals surface area contributed by atoms with E-state index in [1.807, 2.05) is 0 Å². The van der Waals surface area contributed by atoms with Gasteiger partial charge in [0.1, 0.15) is 0 Å². The van der Waals surface area contributed by atoms with Crippen molar-refractivity contribution in [2.45, 2.75) is 0 Å². The smallest absolute Gasteiger partial charge is 0.0764 e. The fourth-order valence-electron chi connectivity index (χ4n) is 0.822. The summed E-state index contributed by atoms with van der Waals surface area (Å²) in [7, 11) is 0. The van der Waals surface area contributed by atoms with Crippen molar-refractivity contribution < 1.29 is 0 Å². The van der Waals surface area contributed by atoms with Crippen molar-refractivity contribution in [1.82, 2.24) is 0 Å². The van der Waals surface area contributed by atoms with E-state index >= 15 is 0 Å². The number of halogens is 4. The molecule has 0 heterocycles. The summed E-state index contributed by atoms with van der Waals surface area (Å²) in [4.78, 5) is 0. The summed E-state index contributed by atoms with van der Waals surface area (Å²) < 4.78 is 0. The van der Waals surface area contributed by atoms with Gasteiger partial charge >= 0.3 is 0 Å². The molecular weight excluding hydrogens is 264 g/mol. The Hall–Kier alpha value is -0.100. The van der Waals surface area contributed by atoms with E-state index in [2.05, 4.69) is 11.8 Å². The molecule has 1 aromatic rings. The highest BCUT2D eigenvalue weighted by atomic mass is 35.5. The standard InChI is InChI=1S/C9H5Cl4N/c10-6-4-7(11)9(13)5(8(6)12)2-1-3-14/h4H,3,14H2.